The van der Waals surface area contributed by atoms with Crippen molar-refractivity contribution in [1.82, 2.24) is 0 Å². The van der Waals surface area contributed by atoms with Gasteiger partial charge in [0.1, 0.15) is 0 Å². The fourth-order valence-corrected chi connectivity index (χ4v) is 1.04. The van der Waals surface area contributed by atoms with E-state index in [0.29, 0.717) is 12.3 Å². The van der Waals surface area contributed by atoms with Crippen molar-refractivity contribution in [3.05, 3.63) is 23.8 Å². The normalized spacial score (nSPS) is 10.4. The first-order chi connectivity index (χ1) is 7.77. The van der Waals surface area contributed by atoms with Crippen LogP contribution in [-0.2, 0) is 16.8 Å². The van der Waals surface area contributed by atoms with E-state index in [1.807, 2.05) is 6.07 Å². The van der Waals surface area contributed by atoms with Crippen molar-refractivity contribution < 1.29 is 27.4 Å². The molecule has 1 rings (SSSR count). The van der Waals surface area contributed by atoms with E-state index in [1.165, 1.54) is 7.11 Å². The van der Waals surface area contributed by atoms with E-state index in [0.717, 1.165) is 12.0 Å². The Morgan fingerprint density at radius 2 is 1.88 bits per heavy atom. The molecule has 0 saturated heterocycles. The lowest BCUT2D eigenvalue weighted by molar-refractivity contribution is 0.373. The second-order valence-corrected chi connectivity index (χ2v) is 3.89. The highest BCUT2D eigenvalue weighted by molar-refractivity contribution is 7.79. The number of benzene rings is 1. The fourth-order valence-electron chi connectivity index (χ4n) is 1.04. The summed E-state index contributed by atoms with van der Waals surface area (Å²) >= 11 is 0. The molecule has 0 aliphatic rings. The third-order valence-corrected chi connectivity index (χ3v) is 1.68. The van der Waals surface area contributed by atoms with Crippen molar-refractivity contribution in [2.75, 3.05) is 13.7 Å². The zero-order valence-electron chi connectivity index (χ0n) is 9.20. The smallest absolute Gasteiger partial charge is 0.394 e. The molecule has 98 valence electrons. The Morgan fingerprint density at radius 3 is 2.29 bits per heavy atom. The van der Waals surface area contributed by atoms with Gasteiger partial charge in [0.25, 0.3) is 0 Å². The predicted octanol–water partition coefficient (Wildman–Crippen LogP) is 0.249. The standard InChI is InChI=1S/C9H13NO2.H2O4S/c1-12-9-6-7(4-5-10)2-3-8(9)11;1-5(2,3)4/h2-3,6,11H,4-5,10H2,1H3;(H2,1,2,3,4). The summed E-state index contributed by atoms with van der Waals surface area (Å²) < 4.78 is 36.5. The minimum Gasteiger partial charge on any atom is -0.504 e. The maximum atomic E-state index is 9.25. The van der Waals surface area contributed by atoms with Gasteiger partial charge >= 0.3 is 10.4 Å². The Morgan fingerprint density at radius 1 is 1.35 bits per heavy atom. The molecule has 7 nitrogen and oxygen atoms in total. The molecule has 0 unspecified atom stereocenters. The zero-order chi connectivity index (χ0) is 13.5. The Bertz CT molecular complexity index is 437. The third kappa shape index (κ3) is 8.46. The van der Waals surface area contributed by atoms with Crippen LogP contribution in [0, 0.1) is 0 Å². The molecule has 8 heteroatoms. The van der Waals surface area contributed by atoms with Crippen molar-refractivity contribution >= 4 is 10.4 Å². The Kier molecular flexibility index (Phi) is 6.51. The summed E-state index contributed by atoms with van der Waals surface area (Å²) in [6.07, 6.45) is 0.802. The molecule has 0 spiro atoms. The van der Waals surface area contributed by atoms with Crippen LogP contribution in [0.3, 0.4) is 0 Å². The topological polar surface area (TPSA) is 130 Å². The number of hydrogen-bond donors (Lipinski definition) is 4. The monoisotopic (exact) mass is 265 g/mol. The quantitative estimate of drug-likeness (QED) is 0.576. The third-order valence-electron chi connectivity index (χ3n) is 1.68. The van der Waals surface area contributed by atoms with Gasteiger partial charge < -0.3 is 15.6 Å². The van der Waals surface area contributed by atoms with E-state index >= 15 is 0 Å². The van der Waals surface area contributed by atoms with E-state index in [-0.39, 0.29) is 5.75 Å². The molecule has 0 aliphatic carbocycles. The number of phenols is 1. The second-order valence-electron chi connectivity index (χ2n) is 2.99. The number of methoxy groups -OCH3 is 1. The number of nitrogens with two attached hydrogens (primary N) is 1. The fraction of sp³-hybridized carbons (Fsp3) is 0.333. The van der Waals surface area contributed by atoms with Crippen molar-refractivity contribution in [2.24, 2.45) is 5.73 Å². The molecule has 0 heterocycles. The molecule has 0 radical (unpaired) electrons. The second kappa shape index (κ2) is 7.07. The lowest BCUT2D eigenvalue weighted by Gasteiger charge is -2.05. The molecule has 0 aliphatic heterocycles. The van der Waals surface area contributed by atoms with E-state index in [4.69, 9.17) is 28.0 Å². The molecule has 0 saturated carbocycles. The van der Waals surface area contributed by atoms with Crippen LogP contribution in [-0.4, -0.2) is 36.3 Å². The van der Waals surface area contributed by atoms with Crippen LogP contribution in [0.1, 0.15) is 5.56 Å². The molecular formula is C9H15NO6S. The van der Waals surface area contributed by atoms with Crippen LogP contribution in [0.15, 0.2) is 18.2 Å². The number of phenolic OH excluding ortho intramolecular Hbond substituents is 1. The molecule has 1 aromatic carbocycles. The Labute approximate surface area is 99.4 Å². The van der Waals surface area contributed by atoms with Gasteiger partial charge in [0.05, 0.1) is 7.11 Å². The van der Waals surface area contributed by atoms with Gasteiger partial charge in [-0.15, -0.1) is 0 Å². The van der Waals surface area contributed by atoms with Crippen LogP contribution in [0.2, 0.25) is 0 Å². The number of ether oxygens (including phenoxy) is 1. The van der Waals surface area contributed by atoms with Gasteiger partial charge in [-0.25, -0.2) is 0 Å². The molecule has 0 fully saturated rings. The van der Waals surface area contributed by atoms with E-state index in [1.54, 1.807) is 12.1 Å². The highest BCUT2D eigenvalue weighted by Gasteiger charge is 2.00. The lowest BCUT2D eigenvalue weighted by Crippen LogP contribution is -2.02. The van der Waals surface area contributed by atoms with Gasteiger partial charge in [-0.05, 0) is 30.7 Å². The van der Waals surface area contributed by atoms with Crippen molar-refractivity contribution in [3.8, 4) is 11.5 Å². The van der Waals surface area contributed by atoms with E-state index in [9.17, 15) is 5.11 Å². The molecule has 17 heavy (non-hydrogen) atoms. The minimum absolute atomic E-state index is 0.165. The highest BCUT2D eigenvalue weighted by atomic mass is 32.3. The summed E-state index contributed by atoms with van der Waals surface area (Å²) in [4.78, 5) is 0. The average Bonchev–Trinajstić information content (AvgIpc) is 2.19. The summed E-state index contributed by atoms with van der Waals surface area (Å²) in [6.45, 7) is 0.605. The first-order valence-electron chi connectivity index (χ1n) is 4.53. The summed E-state index contributed by atoms with van der Waals surface area (Å²) in [5.41, 5.74) is 6.46. The number of hydrogen-bond acceptors (Lipinski definition) is 5. The molecular weight excluding hydrogens is 250 g/mol. The van der Waals surface area contributed by atoms with Crippen LogP contribution >= 0.6 is 0 Å². The van der Waals surface area contributed by atoms with Crippen LogP contribution in [0.5, 0.6) is 11.5 Å². The Hall–Kier alpha value is -1.35. The van der Waals surface area contributed by atoms with Crippen LogP contribution < -0.4 is 10.5 Å². The molecule has 0 aromatic heterocycles. The summed E-state index contributed by atoms with van der Waals surface area (Å²) in [6, 6.07) is 5.25. The van der Waals surface area contributed by atoms with Crippen LogP contribution in [0.25, 0.3) is 0 Å². The number of aromatic hydroxyl groups is 1. The van der Waals surface area contributed by atoms with Crippen molar-refractivity contribution in [2.45, 2.75) is 6.42 Å². The first-order valence-corrected chi connectivity index (χ1v) is 5.93. The van der Waals surface area contributed by atoms with Crippen molar-refractivity contribution in [1.29, 1.82) is 0 Å². The van der Waals surface area contributed by atoms with Gasteiger partial charge in [-0.2, -0.15) is 8.42 Å². The maximum Gasteiger partial charge on any atom is 0.394 e. The van der Waals surface area contributed by atoms with Gasteiger partial charge in [0.2, 0.25) is 0 Å². The largest absolute Gasteiger partial charge is 0.504 e. The highest BCUT2D eigenvalue weighted by Crippen LogP contribution is 2.26. The van der Waals surface area contributed by atoms with E-state index < -0.39 is 10.4 Å². The summed E-state index contributed by atoms with van der Waals surface area (Å²) in [5, 5.41) is 9.25. The minimum atomic E-state index is -4.67. The molecule has 0 atom stereocenters. The van der Waals surface area contributed by atoms with E-state index in [2.05, 4.69) is 0 Å². The zero-order valence-corrected chi connectivity index (χ0v) is 10.0. The lowest BCUT2D eigenvalue weighted by atomic mass is 10.1. The van der Waals surface area contributed by atoms with Crippen molar-refractivity contribution in [3.63, 3.8) is 0 Å². The molecule has 1 aromatic rings. The van der Waals surface area contributed by atoms with Gasteiger partial charge in [-0.1, -0.05) is 6.07 Å². The predicted molar refractivity (Wildman–Crippen MR) is 61.6 cm³/mol. The molecule has 5 N–H and O–H groups in total. The maximum absolute atomic E-state index is 9.25. The number of rotatable bonds is 3. The Balaban J connectivity index is 0.000000437. The molecule has 0 amide bonds. The molecule has 0 bridgehead atoms. The van der Waals surface area contributed by atoms with Gasteiger partial charge in [0.15, 0.2) is 11.5 Å². The average molecular weight is 265 g/mol. The van der Waals surface area contributed by atoms with Gasteiger partial charge in [-0.3, -0.25) is 9.11 Å². The summed E-state index contributed by atoms with van der Waals surface area (Å²) in [5.74, 6) is 0.666. The first kappa shape index (κ1) is 15.7. The summed E-state index contributed by atoms with van der Waals surface area (Å²) in [7, 11) is -3.14. The SMILES string of the molecule is COc1cc(CCN)ccc1O.O=S(=O)(O)O. The van der Waals surface area contributed by atoms with Crippen LogP contribution in [0.4, 0.5) is 0 Å². The van der Waals surface area contributed by atoms with Gasteiger partial charge in [0, 0.05) is 0 Å².